The molecule has 1 fully saturated rings. The summed E-state index contributed by atoms with van der Waals surface area (Å²) in [6, 6.07) is 10.1. The van der Waals surface area contributed by atoms with E-state index in [1.165, 1.54) is 19.1 Å². The lowest BCUT2D eigenvalue weighted by Gasteiger charge is -2.20. The van der Waals surface area contributed by atoms with Crippen molar-refractivity contribution in [2.24, 2.45) is 5.92 Å². The lowest BCUT2D eigenvalue weighted by Crippen LogP contribution is -2.28. The van der Waals surface area contributed by atoms with Crippen LogP contribution in [0.2, 0.25) is 5.02 Å². The van der Waals surface area contributed by atoms with Crippen molar-refractivity contribution in [3.8, 4) is 17.2 Å². The molecule has 7 nitrogen and oxygen atoms in total. The fourth-order valence-electron chi connectivity index (χ4n) is 3.13. The van der Waals surface area contributed by atoms with Crippen LogP contribution in [-0.4, -0.2) is 39.7 Å². The number of rotatable bonds is 6. The highest BCUT2D eigenvalue weighted by Crippen LogP contribution is 2.36. The standard InChI is InChI=1S/C20H21ClN2O5/c1-26-14-5-6-15(18(10-14)28-3)22-20(25)12-8-19(24)23(11-12)16-9-13(21)4-7-17(16)27-2/h4-7,9-10,12H,8,11H2,1-3H3,(H,22,25)/t12-/m0/s1. The van der Waals surface area contributed by atoms with Crippen LogP contribution in [-0.2, 0) is 9.59 Å². The number of hydrogen-bond acceptors (Lipinski definition) is 5. The van der Waals surface area contributed by atoms with E-state index in [0.717, 1.165) is 0 Å². The second-order valence-corrected chi connectivity index (χ2v) is 6.71. The number of benzene rings is 2. The summed E-state index contributed by atoms with van der Waals surface area (Å²) in [5, 5.41) is 3.32. The molecule has 1 heterocycles. The quantitative estimate of drug-likeness (QED) is 0.798. The Morgan fingerprint density at radius 3 is 2.50 bits per heavy atom. The molecule has 1 aliphatic heterocycles. The molecule has 2 aromatic rings. The van der Waals surface area contributed by atoms with Gasteiger partial charge in [0.15, 0.2) is 0 Å². The summed E-state index contributed by atoms with van der Waals surface area (Å²) in [7, 11) is 4.58. The number of ether oxygens (including phenoxy) is 3. The molecule has 0 unspecified atom stereocenters. The lowest BCUT2D eigenvalue weighted by molar-refractivity contribution is -0.122. The minimum Gasteiger partial charge on any atom is -0.497 e. The Kier molecular flexibility index (Phi) is 5.94. The molecule has 0 saturated carbocycles. The van der Waals surface area contributed by atoms with E-state index in [4.69, 9.17) is 25.8 Å². The van der Waals surface area contributed by atoms with Gasteiger partial charge >= 0.3 is 0 Å². The van der Waals surface area contributed by atoms with Gasteiger partial charge in [0.1, 0.15) is 17.2 Å². The third kappa shape index (κ3) is 3.99. The molecular weight excluding hydrogens is 384 g/mol. The lowest BCUT2D eigenvalue weighted by atomic mass is 10.1. The summed E-state index contributed by atoms with van der Waals surface area (Å²) in [4.78, 5) is 26.8. The number of nitrogens with zero attached hydrogens (tertiary/aromatic N) is 1. The van der Waals surface area contributed by atoms with Gasteiger partial charge in [-0.05, 0) is 30.3 Å². The first-order valence-corrected chi connectivity index (χ1v) is 9.01. The van der Waals surface area contributed by atoms with Gasteiger partial charge in [-0.3, -0.25) is 9.59 Å². The fraction of sp³-hybridized carbons (Fsp3) is 0.300. The Bertz CT molecular complexity index is 902. The topological polar surface area (TPSA) is 77.1 Å². The second-order valence-electron chi connectivity index (χ2n) is 6.28. The number of halogens is 1. The van der Waals surface area contributed by atoms with Crippen molar-refractivity contribution in [2.45, 2.75) is 6.42 Å². The van der Waals surface area contributed by atoms with Crippen LogP contribution in [0.3, 0.4) is 0 Å². The van der Waals surface area contributed by atoms with Gasteiger partial charge in [0.2, 0.25) is 11.8 Å². The Morgan fingerprint density at radius 1 is 1.07 bits per heavy atom. The molecule has 0 aliphatic carbocycles. The van der Waals surface area contributed by atoms with Crippen LogP contribution in [0.15, 0.2) is 36.4 Å². The van der Waals surface area contributed by atoms with Gasteiger partial charge in [-0.2, -0.15) is 0 Å². The first-order chi connectivity index (χ1) is 13.5. The summed E-state index contributed by atoms with van der Waals surface area (Å²) in [6.07, 6.45) is 0.0972. The molecule has 2 aromatic carbocycles. The van der Waals surface area contributed by atoms with Crippen molar-refractivity contribution in [3.63, 3.8) is 0 Å². The van der Waals surface area contributed by atoms with E-state index in [9.17, 15) is 9.59 Å². The number of nitrogens with one attached hydrogen (secondary N) is 1. The van der Waals surface area contributed by atoms with Crippen LogP contribution in [0.5, 0.6) is 17.2 Å². The van der Waals surface area contributed by atoms with Crippen molar-refractivity contribution >= 4 is 34.8 Å². The van der Waals surface area contributed by atoms with Crippen LogP contribution >= 0.6 is 11.6 Å². The zero-order chi connectivity index (χ0) is 20.3. The minimum absolute atomic E-state index is 0.0972. The SMILES string of the molecule is COc1ccc(NC(=O)[C@H]2CC(=O)N(c3cc(Cl)ccc3OC)C2)c(OC)c1. The van der Waals surface area contributed by atoms with Gasteiger partial charge < -0.3 is 24.4 Å². The molecule has 3 rings (SSSR count). The summed E-state index contributed by atoms with van der Waals surface area (Å²) < 4.78 is 15.8. The Morgan fingerprint density at radius 2 is 1.82 bits per heavy atom. The maximum absolute atomic E-state index is 12.7. The molecule has 0 radical (unpaired) electrons. The number of carbonyl (C=O) groups is 2. The molecule has 148 valence electrons. The molecule has 1 N–H and O–H groups in total. The molecule has 1 saturated heterocycles. The molecule has 28 heavy (non-hydrogen) atoms. The molecule has 0 spiro atoms. The van der Waals surface area contributed by atoms with E-state index >= 15 is 0 Å². The maximum atomic E-state index is 12.7. The molecule has 2 amide bonds. The average Bonchev–Trinajstić information content (AvgIpc) is 3.09. The van der Waals surface area contributed by atoms with E-state index in [1.54, 1.807) is 43.5 Å². The van der Waals surface area contributed by atoms with Gasteiger partial charge in [-0.25, -0.2) is 0 Å². The van der Waals surface area contributed by atoms with Crippen LogP contribution in [0.1, 0.15) is 6.42 Å². The van der Waals surface area contributed by atoms with Gasteiger partial charge in [-0.1, -0.05) is 11.6 Å². The smallest absolute Gasteiger partial charge is 0.229 e. The van der Waals surface area contributed by atoms with Gasteiger partial charge in [0, 0.05) is 24.1 Å². The predicted octanol–water partition coefficient (Wildman–Crippen LogP) is 3.36. The number of carbonyl (C=O) groups excluding carboxylic acids is 2. The zero-order valence-corrected chi connectivity index (χ0v) is 16.6. The Hall–Kier alpha value is -2.93. The third-order valence-corrected chi connectivity index (χ3v) is 4.83. The average molecular weight is 405 g/mol. The van der Waals surface area contributed by atoms with E-state index in [2.05, 4.69) is 5.32 Å². The number of methoxy groups -OCH3 is 3. The molecule has 1 atom stereocenters. The summed E-state index contributed by atoms with van der Waals surface area (Å²) >= 11 is 6.07. The molecule has 1 aliphatic rings. The zero-order valence-electron chi connectivity index (χ0n) is 15.8. The molecule has 0 aromatic heterocycles. The van der Waals surface area contributed by atoms with Crippen molar-refractivity contribution in [3.05, 3.63) is 41.4 Å². The van der Waals surface area contributed by atoms with Crippen molar-refractivity contribution < 1.29 is 23.8 Å². The van der Waals surface area contributed by atoms with Gasteiger partial charge in [0.25, 0.3) is 0 Å². The predicted molar refractivity (Wildman–Crippen MR) is 107 cm³/mol. The van der Waals surface area contributed by atoms with Crippen molar-refractivity contribution in [1.82, 2.24) is 0 Å². The van der Waals surface area contributed by atoms with Crippen LogP contribution < -0.4 is 24.4 Å². The van der Waals surface area contributed by atoms with Crippen LogP contribution in [0.4, 0.5) is 11.4 Å². The number of hydrogen-bond donors (Lipinski definition) is 1. The highest BCUT2D eigenvalue weighted by Gasteiger charge is 2.36. The largest absolute Gasteiger partial charge is 0.497 e. The summed E-state index contributed by atoms with van der Waals surface area (Å²) in [5.74, 6) is 0.678. The number of amides is 2. The molecular formula is C20H21ClN2O5. The Labute approximate surface area is 168 Å². The first-order valence-electron chi connectivity index (χ1n) is 8.63. The minimum atomic E-state index is -0.511. The molecule has 0 bridgehead atoms. The summed E-state index contributed by atoms with van der Waals surface area (Å²) in [5.41, 5.74) is 1.07. The van der Waals surface area contributed by atoms with Gasteiger partial charge in [0.05, 0.1) is 38.6 Å². The van der Waals surface area contributed by atoms with E-state index in [-0.39, 0.29) is 24.8 Å². The van der Waals surface area contributed by atoms with E-state index < -0.39 is 5.92 Å². The van der Waals surface area contributed by atoms with Crippen molar-refractivity contribution in [1.29, 1.82) is 0 Å². The Balaban J connectivity index is 1.77. The summed E-state index contributed by atoms with van der Waals surface area (Å²) in [6.45, 7) is 0.236. The van der Waals surface area contributed by atoms with Crippen LogP contribution in [0, 0.1) is 5.92 Å². The third-order valence-electron chi connectivity index (χ3n) is 4.59. The monoisotopic (exact) mass is 404 g/mol. The normalized spacial score (nSPS) is 16.1. The van der Waals surface area contributed by atoms with E-state index in [0.29, 0.717) is 33.6 Å². The van der Waals surface area contributed by atoms with Crippen molar-refractivity contribution in [2.75, 3.05) is 38.1 Å². The van der Waals surface area contributed by atoms with Crippen LogP contribution in [0.25, 0.3) is 0 Å². The number of anilines is 2. The van der Waals surface area contributed by atoms with Gasteiger partial charge in [-0.15, -0.1) is 0 Å². The van der Waals surface area contributed by atoms with E-state index in [1.807, 2.05) is 0 Å². The first kappa shape index (κ1) is 19.8. The maximum Gasteiger partial charge on any atom is 0.229 e. The highest BCUT2D eigenvalue weighted by molar-refractivity contribution is 6.31. The highest BCUT2D eigenvalue weighted by atomic mass is 35.5. The molecule has 8 heteroatoms. The second kappa shape index (κ2) is 8.39. The fourth-order valence-corrected chi connectivity index (χ4v) is 3.29.